The van der Waals surface area contributed by atoms with E-state index in [1.54, 1.807) is 0 Å². The molecule has 0 saturated carbocycles. The third-order valence-electron chi connectivity index (χ3n) is 3.63. The summed E-state index contributed by atoms with van der Waals surface area (Å²) in [6.07, 6.45) is -5.00. The summed E-state index contributed by atoms with van der Waals surface area (Å²) in [7, 11) is 0. The van der Waals surface area contributed by atoms with Crippen molar-refractivity contribution >= 4 is 41.2 Å². The fraction of sp³-hybridized carbons (Fsp3) is 0.421. The quantitative estimate of drug-likeness (QED) is 0.230. The standard InChI is InChI=1S/C19H22N2O11/c1-10(22)29-9-16(30-11(2)23)17(31-12(3)24)18(32-13(4)25)19(26)20-14-5-7-15(8-6-14)21(27)28/h5-8,16-18H,9H2,1-4H3,(H,20,26). The summed E-state index contributed by atoms with van der Waals surface area (Å²) < 4.78 is 19.9. The number of hydrogen-bond donors (Lipinski definition) is 1. The molecule has 1 N–H and O–H groups in total. The van der Waals surface area contributed by atoms with Gasteiger partial charge in [0.25, 0.3) is 11.6 Å². The summed E-state index contributed by atoms with van der Waals surface area (Å²) in [5.41, 5.74) is -0.128. The number of carbonyl (C=O) groups excluding carboxylic acids is 5. The van der Waals surface area contributed by atoms with Crippen LogP contribution in [0.4, 0.5) is 11.4 Å². The molecule has 32 heavy (non-hydrogen) atoms. The first kappa shape index (κ1) is 26.0. The Labute approximate surface area is 182 Å². The number of rotatable bonds is 10. The molecule has 13 heteroatoms. The Hall–Kier alpha value is -4.03. The minimum absolute atomic E-state index is 0.100. The third-order valence-corrected chi connectivity index (χ3v) is 3.63. The van der Waals surface area contributed by atoms with Crippen LogP contribution in [0.3, 0.4) is 0 Å². The zero-order chi connectivity index (χ0) is 24.4. The number of benzene rings is 1. The lowest BCUT2D eigenvalue weighted by Gasteiger charge is -2.30. The first-order valence-electron chi connectivity index (χ1n) is 9.11. The van der Waals surface area contributed by atoms with Crippen LogP contribution in [0.2, 0.25) is 0 Å². The topological polar surface area (TPSA) is 177 Å². The number of non-ortho nitro benzene ring substituents is 1. The molecule has 13 nitrogen and oxygen atoms in total. The van der Waals surface area contributed by atoms with Gasteiger partial charge in [-0.15, -0.1) is 0 Å². The predicted octanol–water partition coefficient (Wildman–Crippen LogP) is 0.892. The molecule has 0 aliphatic heterocycles. The minimum Gasteiger partial charge on any atom is -0.462 e. The van der Waals surface area contributed by atoms with E-state index in [9.17, 15) is 34.1 Å². The summed E-state index contributed by atoms with van der Waals surface area (Å²) in [4.78, 5) is 69.0. The zero-order valence-electron chi connectivity index (χ0n) is 17.7. The van der Waals surface area contributed by atoms with Crippen molar-refractivity contribution in [3.8, 4) is 0 Å². The predicted molar refractivity (Wildman–Crippen MR) is 105 cm³/mol. The highest BCUT2D eigenvalue weighted by molar-refractivity contribution is 5.96. The van der Waals surface area contributed by atoms with Crippen LogP contribution in [0.5, 0.6) is 0 Å². The zero-order valence-corrected chi connectivity index (χ0v) is 17.7. The average molecular weight is 454 g/mol. The van der Waals surface area contributed by atoms with Crippen LogP contribution in [0, 0.1) is 10.1 Å². The summed E-state index contributed by atoms with van der Waals surface area (Å²) >= 11 is 0. The molecule has 0 saturated heterocycles. The molecule has 1 rings (SSSR count). The van der Waals surface area contributed by atoms with E-state index in [2.05, 4.69) is 5.32 Å². The van der Waals surface area contributed by atoms with Gasteiger partial charge in [0.1, 0.15) is 6.61 Å². The largest absolute Gasteiger partial charge is 0.462 e. The lowest BCUT2D eigenvalue weighted by molar-refractivity contribution is -0.384. The van der Waals surface area contributed by atoms with Crippen LogP contribution < -0.4 is 5.32 Å². The van der Waals surface area contributed by atoms with Crippen molar-refractivity contribution < 1.29 is 47.8 Å². The first-order valence-corrected chi connectivity index (χ1v) is 9.11. The molecule has 174 valence electrons. The molecule has 1 aromatic carbocycles. The SMILES string of the molecule is CC(=O)OCC(OC(C)=O)C(OC(C)=O)C(OC(C)=O)C(=O)Nc1ccc([N+](=O)[O-])cc1. The molecule has 0 heterocycles. The van der Waals surface area contributed by atoms with Crippen LogP contribution in [0.25, 0.3) is 0 Å². The van der Waals surface area contributed by atoms with E-state index < -0.39 is 59.6 Å². The Bertz CT molecular complexity index is 882. The van der Waals surface area contributed by atoms with E-state index in [1.165, 1.54) is 12.1 Å². The third kappa shape index (κ3) is 8.77. The Morgan fingerprint density at radius 2 is 1.41 bits per heavy atom. The normalized spacial score (nSPS) is 13.0. The summed E-state index contributed by atoms with van der Waals surface area (Å²) in [6.45, 7) is 3.50. The van der Waals surface area contributed by atoms with Crippen LogP contribution in [-0.2, 0) is 42.9 Å². The second kappa shape index (κ2) is 12.0. The molecule has 0 bridgehead atoms. The maximum atomic E-state index is 12.9. The molecule has 3 unspecified atom stereocenters. The highest BCUT2D eigenvalue weighted by Gasteiger charge is 2.42. The van der Waals surface area contributed by atoms with E-state index in [-0.39, 0.29) is 11.4 Å². The van der Waals surface area contributed by atoms with Gasteiger partial charge in [-0.1, -0.05) is 0 Å². The number of carbonyl (C=O) groups is 5. The van der Waals surface area contributed by atoms with Crippen molar-refractivity contribution in [3.05, 3.63) is 34.4 Å². The maximum Gasteiger partial charge on any atom is 0.303 e. The van der Waals surface area contributed by atoms with E-state index in [4.69, 9.17) is 18.9 Å². The molecule has 1 amide bonds. The molecule has 0 radical (unpaired) electrons. The van der Waals surface area contributed by atoms with Gasteiger partial charge in [-0.25, -0.2) is 0 Å². The van der Waals surface area contributed by atoms with Crippen molar-refractivity contribution in [3.63, 3.8) is 0 Å². The first-order chi connectivity index (χ1) is 14.9. The number of anilines is 1. The Morgan fingerprint density at radius 3 is 1.84 bits per heavy atom. The molecule has 3 atom stereocenters. The molecule has 0 fully saturated rings. The molecular weight excluding hydrogens is 432 g/mol. The number of nitro groups is 1. The molecular formula is C19H22N2O11. The van der Waals surface area contributed by atoms with Crippen molar-refractivity contribution in [2.45, 2.75) is 46.0 Å². The summed E-state index contributed by atoms with van der Waals surface area (Å²) in [5.74, 6) is -4.43. The number of ether oxygens (including phenoxy) is 4. The number of nitrogens with zero attached hydrogens (tertiary/aromatic N) is 1. The fourth-order valence-electron chi connectivity index (χ4n) is 2.46. The van der Waals surface area contributed by atoms with Gasteiger partial charge in [0.05, 0.1) is 4.92 Å². The summed E-state index contributed by atoms with van der Waals surface area (Å²) in [5, 5.41) is 13.1. The van der Waals surface area contributed by atoms with Gasteiger partial charge in [0.2, 0.25) is 6.10 Å². The second-order valence-corrected chi connectivity index (χ2v) is 6.35. The number of hydrogen-bond acceptors (Lipinski definition) is 11. The molecule has 1 aromatic rings. The van der Waals surface area contributed by atoms with Gasteiger partial charge >= 0.3 is 23.9 Å². The lowest BCUT2D eigenvalue weighted by Crippen LogP contribution is -2.52. The van der Waals surface area contributed by atoms with Crippen molar-refractivity contribution in [2.75, 3.05) is 11.9 Å². The fourth-order valence-corrected chi connectivity index (χ4v) is 2.46. The Balaban J connectivity index is 3.27. The van der Waals surface area contributed by atoms with Gasteiger partial charge in [0.15, 0.2) is 12.2 Å². The van der Waals surface area contributed by atoms with Crippen LogP contribution >= 0.6 is 0 Å². The van der Waals surface area contributed by atoms with Crippen molar-refractivity contribution in [1.29, 1.82) is 0 Å². The average Bonchev–Trinajstić information content (AvgIpc) is 2.67. The lowest BCUT2D eigenvalue weighted by atomic mass is 10.1. The van der Waals surface area contributed by atoms with Gasteiger partial charge < -0.3 is 24.3 Å². The van der Waals surface area contributed by atoms with Crippen molar-refractivity contribution in [1.82, 2.24) is 0 Å². The number of nitro benzene ring substituents is 1. The number of esters is 4. The molecule has 0 aromatic heterocycles. The monoisotopic (exact) mass is 454 g/mol. The van der Waals surface area contributed by atoms with Gasteiger partial charge in [0, 0.05) is 45.5 Å². The highest BCUT2D eigenvalue weighted by Crippen LogP contribution is 2.19. The van der Waals surface area contributed by atoms with Crippen LogP contribution in [0.1, 0.15) is 27.7 Å². The van der Waals surface area contributed by atoms with Gasteiger partial charge in [-0.3, -0.25) is 34.1 Å². The van der Waals surface area contributed by atoms with Crippen LogP contribution in [-0.4, -0.2) is 59.6 Å². The smallest absolute Gasteiger partial charge is 0.303 e. The Kier molecular flexibility index (Phi) is 9.73. The molecule has 0 aliphatic rings. The van der Waals surface area contributed by atoms with E-state index in [1.807, 2.05) is 0 Å². The van der Waals surface area contributed by atoms with E-state index >= 15 is 0 Å². The van der Waals surface area contributed by atoms with E-state index in [0.29, 0.717) is 0 Å². The van der Waals surface area contributed by atoms with Gasteiger partial charge in [-0.2, -0.15) is 0 Å². The maximum absolute atomic E-state index is 12.9. The van der Waals surface area contributed by atoms with Gasteiger partial charge in [-0.05, 0) is 12.1 Å². The highest BCUT2D eigenvalue weighted by atomic mass is 16.6. The number of amides is 1. The summed E-state index contributed by atoms with van der Waals surface area (Å²) in [6, 6.07) is 4.71. The molecule has 0 spiro atoms. The minimum atomic E-state index is -1.83. The second-order valence-electron chi connectivity index (χ2n) is 6.35. The van der Waals surface area contributed by atoms with Crippen molar-refractivity contribution in [2.24, 2.45) is 0 Å². The van der Waals surface area contributed by atoms with E-state index in [0.717, 1.165) is 39.8 Å². The Morgan fingerprint density at radius 1 is 0.875 bits per heavy atom. The number of nitrogens with one attached hydrogen (secondary N) is 1. The van der Waals surface area contributed by atoms with Crippen LogP contribution in [0.15, 0.2) is 24.3 Å². The molecule has 0 aliphatic carbocycles.